The molecule has 1 aliphatic rings. The first-order valence-electron chi connectivity index (χ1n) is 7.79. The highest BCUT2D eigenvalue weighted by Gasteiger charge is 2.29. The number of carboxylic acids is 1. The van der Waals surface area contributed by atoms with E-state index in [9.17, 15) is 14.7 Å². The first-order valence-corrected chi connectivity index (χ1v) is 8.67. The molecule has 23 heavy (non-hydrogen) atoms. The fourth-order valence-corrected chi connectivity index (χ4v) is 3.91. The fraction of sp³-hybridized carbons (Fsp3) is 0.333. The third-order valence-electron chi connectivity index (χ3n) is 4.24. The zero-order valence-corrected chi connectivity index (χ0v) is 14.1. The van der Waals surface area contributed by atoms with Gasteiger partial charge in [0.1, 0.15) is 0 Å². The number of fused-ring (bicyclic) bond motifs is 1. The number of hydrogen-bond donors (Lipinski definition) is 1. The minimum Gasteiger partial charge on any atom is -0.478 e. The van der Waals surface area contributed by atoms with E-state index in [0.29, 0.717) is 23.5 Å². The number of rotatable bonds is 6. The summed E-state index contributed by atoms with van der Waals surface area (Å²) in [6, 6.07) is 3.83. The number of hydrogen-bond acceptors (Lipinski definition) is 3. The van der Waals surface area contributed by atoms with Crippen LogP contribution in [0.3, 0.4) is 0 Å². The van der Waals surface area contributed by atoms with Crippen molar-refractivity contribution in [1.82, 2.24) is 4.57 Å². The molecule has 0 aliphatic carbocycles. The summed E-state index contributed by atoms with van der Waals surface area (Å²) in [5.74, 6) is -0.926. The van der Waals surface area contributed by atoms with Gasteiger partial charge in [-0.25, -0.2) is 4.79 Å². The van der Waals surface area contributed by atoms with E-state index in [2.05, 4.69) is 6.92 Å². The van der Waals surface area contributed by atoms with Gasteiger partial charge < -0.3 is 9.67 Å². The largest absolute Gasteiger partial charge is 0.478 e. The van der Waals surface area contributed by atoms with Crippen LogP contribution in [0.1, 0.15) is 52.0 Å². The van der Waals surface area contributed by atoms with Gasteiger partial charge in [0, 0.05) is 6.54 Å². The maximum atomic E-state index is 13.0. The average molecular weight is 329 g/mol. The van der Waals surface area contributed by atoms with E-state index in [1.807, 2.05) is 29.0 Å². The lowest BCUT2D eigenvalue weighted by Crippen LogP contribution is -2.11. The first-order chi connectivity index (χ1) is 11.0. The van der Waals surface area contributed by atoms with Gasteiger partial charge in [-0.05, 0) is 54.5 Å². The molecule has 1 aliphatic heterocycles. The number of aryl methyl sites for hydroxylation is 2. The van der Waals surface area contributed by atoms with E-state index in [-0.39, 0.29) is 5.78 Å². The van der Waals surface area contributed by atoms with Crippen LogP contribution in [0, 0.1) is 6.92 Å². The van der Waals surface area contributed by atoms with Crippen molar-refractivity contribution >= 4 is 28.7 Å². The van der Waals surface area contributed by atoms with Crippen LogP contribution in [-0.4, -0.2) is 21.4 Å². The van der Waals surface area contributed by atoms with Crippen LogP contribution in [-0.2, 0) is 17.8 Å². The topological polar surface area (TPSA) is 59.3 Å². The van der Waals surface area contributed by atoms with Gasteiger partial charge in [-0.1, -0.05) is 13.3 Å². The minimum absolute atomic E-state index is 0.00916. The summed E-state index contributed by atoms with van der Waals surface area (Å²) in [4.78, 5) is 25.2. The van der Waals surface area contributed by atoms with E-state index >= 15 is 0 Å². The summed E-state index contributed by atoms with van der Waals surface area (Å²) >= 11 is 1.44. The number of carboxylic acid groups (broad SMARTS) is 1. The smallest absolute Gasteiger partial charge is 0.337 e. The zero-order chi connectivity index (χ0) is 16.6. The SMILES string of the molecule is CCCCc1cc2n(c1C(=O)c1sccc1C)CC=C2C(=O)O. The molecule has 0 aromatic carbocycles. The van der Waals surface area contributed by atoms with Gasteiger partial charge >= 0.3 is 5.97 Å². The lowest BCUT2D eigenvalue weighted by Gasteiger charge is -2.08. The Morgan fingerprint density at radius 3 is 2.78 bits per heavy atom. The van der Waals surface area contributed by atoms with Gasteiger partial charge in [0.15, 0.2) is 0 Å². The van der Waals surface area contributed by atoms with Crippen LogP contribution in [0.15, 0.2) is 23.6 Å². The highest BCUT2D eigenvalue weighted by atomic mass is 32.1. The highest BCUT2D eigenvalue weighted by Crippen LogP contribution is 2.32. The van der Waals surface area contributed by atoms with E-state index in [1.165, 1.54) is 11.3 Å². The van der Waals surface area contributed by atoms with Gasteiger partial charge in [0.25, 0.3) is 0 Å². The van der Waals surface area contributed by atoms with Crippen LogP contribution in [0.5, 0.6) is 0 Å². The van der Waals surface area contributed by atoms with Crippen molar-refractivity contribution in [2.45, 2.75) is 39.7 Å². The summed E-state index contributed by atoms with van der Waals surface area (Å²) in [7, 11) is 0. The molecule has 0 amide bonds. The quantitative estimate of drug-likeness (QED) is 0.817. The van der Waals surface area contributed by atoms with Gasteiger partial charge in [-0.2, -0.15) is 0 Å². The standard InChI is InChI=1S/C18H19NO3S/c1-3-4-5-12-10-14-13(18(21)22)6-8-19(14)15(12)16(20)17-11(2)7-9-23-17/h6-7,9-10H,3-5,8H2,1-2H3,(H,21,22). The maximum Gasteiger partial charge on any atom is 0.337 e. The van der Waals surface area contributed by atoms with E-state index in [1.54, 1.807) is 6.08 Å². The van der Waals surface area contributed by atoms with Crippen molar-refractivity contribution in [1.29, 1.82) is 0 Å². The minimum atomic E-state index is -0.936. The molecular formula is C18H19NO3S. The monoisotopic (exact) mass is 329 g/mol. The molecule has 0 fully saturated rings. The Morgan fingerprint density at radius 1 is 1.39 bits per heavy atom. The van der Waals surface area contributed by atoms with Crippen molar-refractivity contribution in [3.8, 4) is 0 Å². The molecule has 3 heterocycles. The van der Waals surface area contributed by atoms with Gasteiger partial charge in [0.2, 0.25) is 5.78 Å². The number of ketones is 1. The van der Waals surface area contributed by atoms with Crippen LogP contribution in [0.4, 0.5) is 0 Å². The third kappa shape index (κ3) is 2.65. The molecule has 1 N–H and O–H groups in total. The number of carbonyl (C=O) groups excluding carboxylic acids is 1. The molecule has 0 spiro atoms. The summed E-state index contributed by atoms with van der Waals surface area (Å²) in [5, 5.41) is 11.3. The average Bonchev–Trinajstić information content (AvgIpc) is 3.18. The Balaban J connectivity index is 2.09. The predicted octanol–water partition coefficient (Wildman–Crippen LogP) is 3.91. The zero-order valence-electron chi connectivity index (χ0n) is 13.3. The molecule has 3 rings (SSSR count). The second-order valence-electron chi connectivity index (χ2n) is 5.80. The number of unbranched alkanes of at least 4 members (excludes halogenated alkanes) is 1. The molecule has 120 valence electrons. The van der Waals surface area contributed by atoms with E-state index in [4.69, 9.17) is 0 Å². The molecule has 2 aromatic heterocycles. The number of allylic oxidation sites excluding steroid dienone is 1. The molecule has 4 nitrogen and oxygen atoms in total. The summed E-state index contributed by atoms with van der Waals surface area (Å²) < 4.78 is 1.86. The number of carbonyl (C=O) groups is 2. The lowest BCUT2D eigenvalue weighted by molar-refractivity contribution is -0.130. The molecular weight excluding hydrogens is 310 g/mol. The predicted molar refractivity (Wildman–Crippen MR) is 91.1 cm³/mol. The van der Waals surface area contributed by atoms with Gasteiger partial charge in [-0.3, -0.25) is 4.79 Å². The summed E-state index contributed by atoms with van der Waals surface area (Å²) in [5.41, 5.74) is 3.55. The van der Waals surface area contributed by atoms with Crippen LogP contribution in [0.2, 0.25) is 0 Å². The van der Waals surface area contributed by atoms with Crippen molar-refractivity contribution in [3.63, 3.8) is 0 Å². The fourth-order valence-electron chi connectivity index (χ4n) is 3.04. The normalized spacial score (nSPS) is 13.0. The Bertz CT molecular complexity index is 810. The number of thiophene rings is 1. The second kappa shape index (κ2) is 6.16. The van der Waals surface area contributed by atoms with Crippen molar-refractivity contribution in [2.24, 2.45) is 0 Å². The maximum absolute atomic E-state index is 13.0. The van der Waals surface area contributed by atoms with E-state index < -0.39 is 5.97 Å². The molecule has 5 heteroatoms. The number of nitrogens with zero attached hydrogens (tertiary/aromatic N) is 1. The summed E-state index contributed by atoms with van der Waals surface area (Å²) in [6.45, 7) is 4.50. The second-order valence-corrected chi connectivity index (χ2v) is 6.72. The van der Waals surface area contributed by atoms with Crippen molar-refractivity contribution in [3.05, 3.63) is 51.0 Å². The van der Waals surface area contributed by atoms with Gasteiger partial charge in [-0.15, -0.1) is 11.3 Å². The highest BCUT2D eigenvalue weighted by molar-refractivity contribution is 7.12. The molecule has 0 radical (unpaired) electrons. The number of aliphatic carboxylic acids is 1. The van der Waals surface area contributed by atoms with Crippen molar-refractivity contribution < 1.29 is 14.7 Å². The van der Waals surface area contributed by atoms with Crippen LogP contribution < -0.4 is 0 Å². The molecule has 0 saturated heterocycles. The Morgan fingerprint density at radius 2 is 2.17 bits per heavy atom. The number of aromatic nitrogens is 1. The first kappa shape index (κ1) is 15.7. The molecule has 0 bridgehead atoms. The Kier molecular flexibility index (Phi) is 4.22. The summed E-state index contributed by atoms with van der Waals surface area (Å²) in [6.07, 6.45) is 4.50. The van der Waals surface area contributed by atoms with Crippen LogP contribution in [0.25, 0.3) is 5.57 Å². The van der Waals surface area contributed by atoms with Crippen molar-refractivity contribution in [2.75, 3.05) is 0 Å². The molecule has 0 unspecified atom stereocenters. The van der Waals surface area contributed by atoms with Crippen LogP contribution >= 0.6 is 11.3 Å². The molecule has 0 atom stereocenters. The van der Waals surface area contributed by atoms with E-state index in [0.717, 1.165) is 35.3 Å². The Hall–Kier alpha value is -2.14. The third-order valence-corrected chi connectivity index (χ3v) is 5.26. The molecule has 0 saturated carbocycles. The lowest BCUT2D eigenvalue weighted by atomic mass is 10.0. The Labute approximate surface area is 139 Å². The molecule has 2 aromatic rings. The van der Waals surface area contributed by atoms with Gasteiger partial charge in [0.05, 0.1) is 21.8 Å².